The van der Waals surface area contributed by atoms with E-state index in [2.05, 4.69) is 0 Å². The highest BCUT2D eigenvalue weighted by Gasteiger charge is 2.18. The van der Waals surface area contributed by atoms with Gasteiger partial charge in [-0.15, -0.1) is 0 Å². The third kappa shape index (κ3) is 1.45. The van der Waals surface area contributed by atoms with Crippen molar-refractivity contribution in [1.82, 2.24) is 4.57 Å². The van der Waals surface area contributed by atoms with Gasteiger partial charge in [-0.3, -0.25) is 4.57 Å². The molecule has 0 aliphatic heterocycles. The highest BCUT2D eigenvalue weighted by molar-refractivity contribution is 5.46. The topological polar surface area (TPSA) is 25.2 Å². The second-order valence-electron chi connectivity index (χ2n) is 2.94. The fourth-order valence-corrected chi connectivity index (χ4v) is 1.27. The first-order valence-electron chi connectivity index (χ1n) is 4.11. The van der Waals surface area contributed by atoms with E-state index in [1.807, 2.05) is 0 Å². The zero-order valence-electron chi connectivity index (χ0n) is 7.42. The maximum Gasteiger partial charge on any atom is 0.237 e. The molecule has 2 nitrogen and oxygen atoms in total. The lowest BCUT2D eigenvalue weighted by atomic mass is 10.3. The fraction of sp³-hybridized carbons (Fsp3) is 0. The van der Waals surface area contributed by atoms with Gasteiger partial charge in [-0.25, -0.2) is 4.39 Å². The van der Waals surface area contributed by atoms with E-state index in [0.717, 1.165) is 0 Å². The van der Waals surface area contributed by atoms with Crippen LogP contribution in [0.25, 0.3) is 5.69 Å². The van der Waals surface area contributed by atoms with Gasteiger partial charge in [0.25, 0.3) is 0 Å². The first-order chi connectivity index (χ1) is 7.11. The molecule has 0 saturated carbocycles. The van der Waals surface area contributed by atoms with E-state index in [0.29, 0.717) is 10.8 Å². The van der Waals surface area contributed by atoms with Gasteiger partial charge in [0.1, 0.15) is 5.75 Å². The maximum atomic E-state index is 13.1. The summed E-state index contributed by atoms with van der Waals surface area (Å²) in [5.74, 6) is -4.48. The number of phenols is 1. The lowest BCUT2D eigenvalue weighted by Gasteiger charge is -2.04. The molecule has 0 spiro atoms. The van der Waals surface area contributed by atoms with Crippen molar-refractivity contribution in [2.24, 2.45) is 0 Å². The van der Waals surface area contributed by atoms with Crippen LogP contribution in [-0.4, -0.2) is 9.67 Å². The fourth-order valence-electron chi connectivity index (χ4n) is 1.27. The summed E-state index contributed by atoms with van der Waals surface area (Å²) in [6.45, 7) is 0. The summed E-state index contributed by atoms with van der Waals surface area (Å²) in [4.78, 5) is 0. The van der Waals surface area contributed by atoms with Gasteiger partial charge < -0.3 is 5.11 Å². The maximum absolute atomic E-state index is 13.1. The number of hydrogen-bond acceptors (Lipinski definition) is 1. The molecule has 0 radical (unpaired) electrons. The van der Waals surface area contributed by atoms with Crippen LogP contribution >= 0.6 is 0 Å². The molecule has 2 rings (SSSR count). The second-order valence-corrected chi connectivity index (χ2v) is 2.94. The molecule has 1 heterocycles. The first kappa shape index (κ1) is 9.64. The Morgan fingerprint density at radius 1 is 1.07 bits per heavy atom. The molecule has 0 saturated heterocycles. The van der Waals surface area contributed by atoms with Gasteiger partial charge in [-0.2, -0.15) is 8.78 Å². The number of rotatable bonds is 1. The van der Waals surface area contributed by atoms with E-state index < -0.39 is 17.6 Å². The van der Waals surface area contributed by atoms with E-state index in [-0.39, 0.29) is 11.4 Å². The Bertz CT molecular complexity index is 507. The molecule has 1 aromatic carbocycles. The average Bonchev–Trinajstić information content (AvgIpc) is 2.47. The predicted octanol–water partition coefficient (Wildman–Crippen LogP) is 2.60. The minimum atomic E-state index is -1.56. The smallest absolute Gasteiger partial charge is 0.237 e. The molecule has 0 aliphatic carbocycles. The van der Waals surface area contributed by atoms with Crippen LogP contribution in [-0.2, 0) is 0 Å². The van der Waals surface area contributed by atoms with Crippen molar-refractivity contribution in [3.05, 3.63) is 48.0 Å². The Hall–Kier alpha value is -1.91. The van der Waals surface area contributed by atoms with Gasteiger partial charge >= 0.3 is 0 Å². The van der Waals surface area contributed by atoms with Crippen LogP contribution in [0.3, 0.4) is 0 Å². The van der Waals surface area contributed by atoms with Gasteiger partial charge in [0.05, 0.1) is 11.9 Å². The summed E-state index contributed by atoms with van der Waals surface area (Å²) >= 11 is 0. The number of phenolic OH excluding ortho intramolecular Hbond substituents is 1. The van der Waals surface area contributed by atoms with Crippen molar-refractivity contribution >= 4 is 0 Å². The van der Waals surface area contributed by atoms with E-state index in [4.69, 9.17) is 0 Å². The number of aromatic nitrogens is 1. The van der Waals surface area contributed by atoms with Gasteiger partial charge in [0.2, 0.25) is 11.8 Å². The molecular weight excluding hydrogens is 207 g/mol. The van der Waals surface area contributed by atoms with Crippen molar-refractivity contribution in [1.29, 1.82) is 0 Å². The number of para-hydroxylation sites is 2. The molecule has 1 N–H and O–H groups in total. The third-order valence-electron chi connectivity index (χ3n) is 1.99. The van der Waals surface area contributed by atoms with Gasteiger partial charge in [0, 0.05) is 0 Å². The summed E-state index contributed by atoms with van der Waals surface area (Å²) in [6.07, 6.45) is 0.639. The molecule has 0 amide bonds. The summed E-state index contributed by atoms with van der Waals surface area (Å²) in [7, 11) is 0. The molecule has 15 heavy (non-hydrogen) atoms. The van der Waals surface area contributed by atoms with Crippen LogP contribution in [0.5, 0.6) is 5.75 Å². The zero-order chi connectivity index (χ0) is 11.0. The van der Waals surface area contributed by atoms with Crippen LogP contribution in [0.2, 0.25) is 0 Å². The monoisotopic (exact) mass is 213 g/mol. The number of benzene rings is 1. The van der Waals surface area contributed by atoms with Gasteiger partial charge in [-0.05, 0) is 12.1 Å². The number of hydrogen-bond donors (Lipinski definition) is 1. The molecule has 0 atom stereocenters. The molecular formula is C10H6F3NO. The van der Waals surface area contributed by atoms with Crippen molar-refractivity contribution in [3.63, 3.8) is 0 Å². The lowest BCUT2D eigenvalue weighted by Crippen LogP contribution is -1.96. The number of aromatic hydroxyl groups is 1. The highest BCUT2D eigenvalue weighted by atomic mass is 19.2. The quantitative estimate of drug-likeness (QED) is 0.773. The molecule has 0 unspecified atom stereocenters. The second kappa shape index (κ2) is 3.34. The molecule has 0 aliphatic rings. The minimum Gasteiger partial charge on any atom is -0.506 e. The van der Waals surface area contributed by atoms with Gasteiger partial charge in [0.15, 0.2) is 5.82 Å². The largest absolute Gasteiger partial charge is 0.506 e. The SMILES string of the molecule is Oc1ccccc1-n1cc(F)c(F)c1F. The first-order valence-corrected chi connectivity index (χ1v) is 4.11. The zero-order valence-corrected chi connectivity index (χ0v) is 7.42. The molecule has 0 bridgehead atoms. The Kier molecular flexibility index (Phi) is 2.15. The van der Waals surface area contributed by atoms with Gasteiger partial charge in [-0.1, -0.05) is 12.1 Å². The van der Waals surface area contributed by atoms with Crippen LogP contribution in [0.4, 0.5) is 13.2 Å². The minimum absolute atomic E-state index is 0.0159. The van der Waals surface area contributed by atoms with E-state index in [1.54, 1.807) is 0 Å². The van der Waals surface area contributed by atoms with Crippen molar-refractivity contribution in [2.45, 2.75) is 0 Å². The molecule has 5 heteroatoms. The van der Waals surface area contributed by atoms with Crippen molar-refractivity contribution in [3.8, 4) is 11.4 Å². The summed E-state index contributed by atoms with van der Waals surface area (Å²) in [5, 5.41) is 9.36. The average molecular weight is 213 g/mol. The predicted molar refractivity (Wildman–Crippen MR) is 47.3 cm³/mol. The van der Waals surface area contributed by atoms with E-state index in [9.17, 15) is 18.3 Å². The third-order valence-corrected chi connectivity index (χ3v) is 1.99. The molecule has 0 fully saturated rings. The van der Waals surface area contributed by atoms with Crippen LogP contribution < -0.4 is 0 Å². The summed E-state index contributed by atoms with van der Waals surface area (Å²) in [5.41, 5.74) is -0.0159. The Morgan fingerprint density at radius 2 is 1.73 bits per heavy atom. The van der Waals surface area contributed by atoms with Crippen LogP contribution in [0.1, 0.15) is 0 Å². The standard InChI is InChI=1S/C10H6F3NO/c11-6-5-14(10(13)9(6)12)7-3-1-2-4-8(7)15/h1-5,15H. The summed E-state index contributed by atoms with van der Waals surface area (Å²) < 4.78 is 39.2. The van der Waals surface area contributed by atoms with Crippen LogP contribution in [0, 0.1) is 17.6 Å². The number of nitrogens with zero attached hydrogens (tertiary/aromatic N) is 1. The Morgan fingerprint density at radius 3 is 2.27 bits per heavy atom. The van der Waals surface area contributed by atoms with Crippen LogP contribution in [0.15, 0.2) is 30.5 Å². The summed E-state index contributed by atoms with van der Waals surface area (Å²) in [6, 6.07) is 5.68. The van der Waals surface area contributed by atoms with E-state index in [1.165, 1.54) is 24.3 Å². The molecule has 78 valence electrons. The van der Waals surface area contributed by atoms with E-state index >= 15 is 0 Å². The lowest BCUT2D eigenvalue weighted by molar-refractivity contribution is 0.438. The van der Waals surface area contributed by atoms with Crippen molar-refractivity contribution < 1.29 is 18.3 Å². The van der Waals surface area contributed by atoms with Crippen molar-refractivity contribution in [2.75, 3.05) is 0 Å². The highest BCUT2D eigenvalue weighted by Crippen LogP contribution is 2.24. The normalized spacial score (nSPS) is 10.6. The molecule has 2 aromatic rings. The molecule has 1 aromatic heterocycles. The Labute approximate surface area is 83.2 Å². The Balaban J connectivity index is 2.65. The number of halogens is 3.